The molecule has 0 aliphatic carbocycles. The van der Waals surface area contributed by atoms with E-state index in [1.807, 2.05) is 0 Å². The Bertz CT molecular complexity index is 569. The largest absolute Gasteiger partial charge is 0.356 e. The number of nitrogens with zero attached hydrogens (tertiary/aromatic N) is 2. The third-order valence-electron chi connectivity index (χ3n) is 10.8. The molecule has 0 radical (unpaired) electrons. The average molecular weight is 645 g/mol. The first-order chi connectivity index (χ1) is 22.8. The van der Waals surface area contributed by atoms with E-state index in [2.05, 4.69) is 43.0 Å². The highest BCUT2D eigenvalue weighted by molar-refractivity contribution is 4.97. The van der Waals surface area contributed by atoms with Crippen LogP contribution in [0.4, 0.5) is 0 Å². The van der Waals surface area contributed by atoms with Crippen LogP contribution in [0.15, 0.2) is 12.4 Å². The Labute approximate surface area is 292 Å². The molecule has 1 heterocycles. The van der Waals surface area contributed by atoms with Gasteiger partial charge in [0, 0.05) is 25.5 Å². The standard InChI is InChI=1S/C44H88N2/c1-4-7-10-13-16-19-20-21-22-23-24-25-26-27-30-33-36-39-44-45(40-37-34-31-28-17-14-11-8-5-2)42-43-46(44)41-38-35-32-29-18-15-12-9-6-3/h42-44H,4-41H2,1-3H3. The Morgan fingerprint density at radius 3 is 0.761 bits per heavy atom. The summed E-state index contributed by atoms with van der Waals surface area (Å²) in [6.07, 6.45) is 57.4. The topological polar surface area (TPSA) is 6.48 Å². The van der Waals surface area contributed by atoms with Crippen LogP contribution < -0.4 is 0 Å². The first-order valence-electron chi connectivity index (χ1n) is 22.0. The summed E-state index contributed by atoms with van der Waals surface area (Å²) in [7, 11) is 0. The van der Waals surface area contributed by atoms with Crippen LogP contribution in [0.5, 0.6) is 0 Å². The number of hydrogen-bond acceptors (Lipinski definition) is 2. The molecule has 46 heavy (non-hydrogen) atoms. The van der Waals surface area contributed by atoms with Gasteiger partial charge in [0.15, 0.2) is 0 Å². The van der Waals surface area contributed by atoms with Crippen molar-refractivity contribution in [1.29, 1.82) is 0 Å². The van der Waals surface area contributed by atoms with Crippen LogP contribution in [-0.4, -0.2) is 29.1 Å². The van der Waals surface area contributed by atoms with Crippen molar-refractivity contribution < 1.29 is 0 Å². The first kappa shape index (κ1) is 43.4. The van der Waals surface area contributed by atoms with E-state index in [0.717, 1.165) is 0 Å². The molecule has 0 fully saturated rings. The van der Waals surface area contributed by atoms with Crippen LogP contribution in [0.2, 0.25) is 0 Å². The quantitative estimate of drug-likeness (QED) is 0.0617. The van der Waals surface area contributed by atoms with Crippen LogP contribution >= 0.6 is 0 Å². The molecule has 274 valence electrons. The Hall–Kier alpha value is -0.660. The number of unbranched alkanes of at least 4 members (excludes halogenated alkanes) is 32. The smallest absolute Gasteiger partial charge is 0.101 e. The molecule has 0 atom stereocenters. The molecular weight excluding hydrogens is 556 g/mol. The normalized spacial score (nSPS) is 13.5. The highest BCUT2D eigenvalue weighted by Gasteiger charge is 2.24. The monoisotopic (exact) mass is 645 g/mol. The zero-order valence-electron chi connectivity index (χ0n) is 32.5. The molecule has 1 aliphatic rings. The number of rotatable bonds is 38. The lowest BCUT2D eigenvalue weighted by molar-refractivity contribution is 0.135. The van der Waals surface area contributed by atoms with E-state index in [1.165, 1.54) is 244 Å². The van der Waals surface area contributed by atoms with Gasteiger partial charge < -0.3 is 9.80 Å². The molecule has 0 saturated carbocycles. The molecule has 0 amide bonds. The molecule has 0 N–H and O–H groups in total. The van der Waals surface area contributed by atoms with E-state index in [4.69, 9.17) is 0 Å². The van der Waals surface area contributed by atoms with Crippen molar-refractivity contribution in [1.82, 2.24) is 9.80 Å². The summed E-state index contributed by atoms with van der Waals surface area (Å²) in [5.74, 6) is 0. The Kier molecular flexibility index (Phi) is 33.6. The van der Waals surface area contributed by atoms with Crippen molar-refractivity contribution in [2.45, 2.75) is 258 Å². The van der Waals surface area contributed by atoms with Crippen molar-refractivity contribution in [2.75, 3.05) is 13.1 Å². The molecule has 0 aromatic carbocycles. The minimum atomic E-state index is 0.638. The molecule has 2 heteroatoms. The second-order valence-corrected chi connectivity index (χ2v) is 15.4. The third-order valence-corrected chi connectivity index (χ3v) is 10.8. The predicted octanol–water partition coefficient (Wildman–Crippen LogP) is 15.5. The fourth-order valence-corrected chi connectivity index (χ4v) is 7.60. The Morgan fingerprint density at radius 2 is 0.500 bits per heavy atom. The van der Waals surface area contributed by atoms with Crippen molar-refractivity contribution in [3.8, 4) is 0 Å². The van der Waals surface area contributed by atoms with Gasteiger partial charge in [-0.25, -0.2) is 0 Å². The summed E-state index contributed by atoms with van der Waals surface area (Å²) >= 11 is 0. The average Bonchev–Trinajstić information content (AvgIpc) is 3.45. The lowest BCUT2D eigenvalue weighted by Gasteiger charge is -2.33. The summed E-state index contributed by atoms with van der Waals surface area (Å²) in [4.78, 5) is 5.45. The highest BCUT2D eigenvalue weighted by atomic mass is 15.4. The summed E-state index contributed by atoms with van der Waals surface area (Å²) in [5, 5.41) is 0. The maximum Gasteiger partial charge on any atom is 0.101 e. The van der Waals surface area contributed by atoms with E-state index in [0.29, 0.717) is 6.17 Å². The van der Waals surface area contributed by atoms with Gasteiger partial charge in [0.05, 0.1) is 0 Å². The van der Waals surface area contributed by atoms with E-state index in [9.17, 15) is 0 Å². The minimum absolute atomic E-state index is 0.638. The molecule has 0 aromatic rings. The fraction of sp³-hybridized carbons (Fsp3) is 0.955. The van der Waals surface area contributed by atoms with Crippen molar-refractivity contribution in [2.24, 2.45) is 0 Å². The van der Waals surface area contributed by atoms with Crippen LogP contribution in [0.1, 0.15) is 252 Å². The van der Waals surface area contributed by atoms with Crippen LogP contribution in [0, 0.1) is 0 Å². The molecule has 0 spiro atoms. The van der Waals surface area contributed by atoms with E-state index < -0.39 is 0 Å². The second kappa shape index (κ2) is 35.6. The summed E-state index contributed by atoms with van der Waals surface area (Å²) in [5.41, 5.74) is 0. The third kappa shape index (κ3) is 27.3. The molecule has 0 bridgehead atoms. The van der Waals surface area contributed by atoms with Crippen LogP contribution in [0.25, 0.3) is 0 Å². The summed E-state index contributed by atoms with van der Waals surface area (Å²) < 4.78 is 0. The van der Waals surface area contributed by atoms with E-state index >= 15 is 0 Å². The highest BCUT2D eigenvalue weighted by Crippen LogP contribution is 2.24. The van der Waals surface area contributed by atoms with Crippen LogP contribution in [-0.2, 0) is 0 Å². The van der Waals surface area contributed by atoms with Gasteiger partial charge in [-0.3, -0.25) is 0 Å². The lowest BCUT2D eigenvalue weighted by Crippen LogP contribution is -2.39. The van der Waals surface area contributed by atoms with Crippen molar-refractivity contribution in [3.63, 3.8) is 0 Å². The lowest BCUT2D eigenvalue weighted by atomic mass is 10.0. The van der Waals surface area contributed by atoms with E-state index in [1.54, 1.807) is 0 Å². The van der Waals surface area contributed by atoms with Crippen molar-refractivity contribution >= 4 is 0 Å². The number of hydrogen-bond donors (Lipinski definition) is 0. The predicted molar refractivity (Wildman–Crippen MR) is 210 cm³/mol. The molecule has 1 aliphatic heterocycles. The maximum atomic E-state index is 2.72. The Morgan fingerprint density at radius 1 is 0.283 bits per heavy atom. The Balaban J connectivity index is 2.17. The summed E-state index contributed by atoms with van der Waals surface area (Å²) in [6.45, 7) is 9.49. The van der Waals surface area contributed by atoms with Gasteiger partial charge in [-0.1, -0.05) is 226 Å². The SMILES string of the molecule is CCCCCCCCCCCCCCCCCCCC1N(CCCCCCCCCCC)C=CN1CCCCCCCCCCC. The first-order valence-corrected chi connectivity index (χ1v) is 22.0. The van der Waals surface area contributed by atoms with Gasteiger partial charge in [0.25, 0.3) is 0 Å². The molecular formula is C44H88N2. The fourth-order valence-electron chi connectivity index (χ4n) is 7.60. The van der Waals surface area contributed by atoms with E-state index in [-0.39, 0.29) is 0 Å². The van der Waals surface area contributed by atoms with Gasteiger partial charge >= 0.3 is 0 Å². The van der Waals surface area contributed by atoms with Crippen LogP contribution in [0.3, 0.4) is 0 Å². The zero-order chi connectivity index (χ0) is 33.0. The molecule has 0 aromatic heterocycles. The van der Waals surface area contributed by atoms with Gasteiger partial charge in [-0.05, 0) is 25.7 Å². The van der Waals surface area contributed by atoms with Gasteiger partial charge in [-0.15, -0.1) is 0 Å². The summed E-state index contributed by atoms with van der Waals surface area (Å²) in [6, 6.07) is 0. The van der Waals surface area contributed by atoms with Gasteiger partial charge in [0.2, 0.25) is 0 Å². The molecule has 0 unspecified atom stereocenters. The maximum absolute atomic E-state index is 2.72. The second-order valence-electron chi connectivity index (χ2n) is 15.4. The molecule has 0 saturated heterocycles. The van der Waals surface area contributed by atoms with Gasteiger partial charge in [0.1, 0.15) is 6.17 Å². The van der Waals surface area contributed by atoms with Crippen molar-refractivity contribution in [3.05, 3.63) is 12.4 Å². The zero-order valence-corrected chi connectivity index (χ0v) is 32.5. The molecule has 2 nitrogen and oxygen atoms in total. The van der Waals surface area contributed by atoms with Gasteiger partial charge in [-0.2, -0.15) is 0 Å². The minimum Gasteiger partial charge on any atom is -0.356 e. The molecule has 1 rings (SSSR count).